The molecule has 1 saturated carbocycles. The van der Waals surface area contributed by atoms with Crippen molar-refractivity contribution in [3.8, 4) is 6.07 Å². The number of nitrogens with zero attached hydrogens (tertiary/aromatic N) is 3. The molecule has 2 N–H and O–H groups in total. The van der Waals surface area contributed by atoms with Gasteiger partial charge in [0.1, 0.15) is 6.07 Å². The highest BCUT2D eigenvalue weighted by Crippen LogP contribution is 2.23. The summed E-state index contributed by atoms with van der Waals surface area (Å²) in [5, 5.41) is 28.4. The van der Waals surface area contributed by atoms with Gasteiger partial charge in [0.25, 0.3) is 0 Å². The summed E-state index contributed by atoms with van der Waals surface area (Å²) in [4.78, 5) is 0. The topological polar surface area (TPSA) is 81.8 Å². The molecule has 0 aliphatic heterocycles. The summed E-state index contributed by atoms with van der Waals surface area (Å²) in [6, 6.07) is 3.86. The van der Waals surface area contributed by atoms with Crippen LogP contribution in [-0.2, 0) is 0 Å². The first-order valence-electron chi connectivity index (χ1n) is 4.46. The Morgan fingerprint density at radius 3 is 3.00 bits per heavy atom. The third-order valence-corrected chi connectivity index (χ3v) is 2.30. The Kier molecular flexibility index (Phi) is 2.29. The van der Waals surface area contributed by atoms with Crippen molar-refractivity contribution in [1.82, 2.24) is 10.2 Å². The molecule has 0 amide bonds. The molecule has 0 bridgehead atoms. The molecule has 1 aliphatic rings. The SMILES string of the molecule is N#Cc1ccnnc1NC1CC(O)C1. The van der Waals surface area contributed by atoms with E-state index in [9.17, 15) is 0 Å². The normalized spacial score (nSPS) is 24.9. The third kappa shape index (κ3) is 1.65. The van der Waals surface area contributed by atoms with E-state index in [-0.39, 0.29) is 12.1 Å². The number of anilines is 1. The zero-order valence-corrected chi connectivity index (χ0v) is 7.51. The van der Waals surface area contributed by atoms with E-state index in [0.29, 0.717) is 24.2 Å². The van der Waals surface area contributed by atoms with Crippen LogP contribution in [0.5, 0.6) is 0 Å². The Bertz CT molecular complexity index is 367. The van der Waals surface area contributed by atoms with Gasteiger partial charge in [-0.05, 0) is 18.9 Å². The van der Waals surface area contributed by atoms with E-state index >= 15 is 0 Å². The monoisotopic (exact) mass is 190 g/mol. The van der Waals surface area contributed by atoms with Gasteiger partial charge in [0.2, 0.25) is 0 Å². The highest BCUT2D eigenvalue weighted by Gasteiger charge is 2.27. The van der Waals surface area contributed by atoms with E-state index in [1.165, 1.54) is 6.20 Å². The van der Waals surface area contributed by atoms with Crippen molar-refractivity contribution in [2.75, 3.05) is 5.32 Å². The van der Waals surface area contributed by atoms with Crippen molar-refractivity contribution in [2.45, 2.75) is 25.0 Å². The van der Waals surface area contributed by atoms with Crippen LogP contribution in [0.15, 0.2) is 12.3 Å². The number of nitrogens with one attached hydrogen (secondary N) is 1. The Morgan fingerprint density at radius 2 is 2.36 bits per heavy atom. The number of nitriles is 1. The van der Waals surface area contributed by atoms with Crippen molar-refractivity contribution >= 4 is 5.82 Å². The van der Waals surface area contributed by atoms with Gasteiger partial charge in [-0.2, -0.15) is 10.4 Å². The molecule has 1 aliphatic carbocycles. The van der Waals surface area contributed by atoms with E-state index < -0.39 is 0 Å². The van der Waals surface area contributed by atoms with Crippen LogP contribution in [0.3, 0.4) is 0 Å². The summed E-state index contributed by atoms with van der Waals surface area (Å²) < 4.78 is 0. The van der Waals surface area contributed by atoms with Gasteiger partial charge in [0, 0.05) is 6.04 Å². The molecule has 0 aromatic carbocycles. The lowest BCUT2D eigenvalue weighted by atomic mass is 9.89. The van der Waals surface area contributed by atoms with Crippen LogP contribution in [-0.4, -0.2) is 27.4 Å². The molecule has 1 aromatic rings. The van der Waals surface area contributed by atoms with Gasteiger partial charge >= 0.3 is 0 Å². The summed E-state index contributed by atoms with van der Waals surface area (Å²) in [5.41, 5.74) is 0.487. The minimum Gasteiger partial charge on any atom is -0.393 e. The van der Waals surface area contributed by atoms with Crippen LogP contribution in [0.2, 0.25) is 0 Å². The predicted molar refractivity (Wildman–Crippen MR) is 49.4 cm³/mol. The number of aromatic nitrogens is 2. The van der Waals surface area contributed by atoms with Crippen molar-refractivity contribution < 1.29 is 5.11 Å². The van der Waals surface area contributed by atoms with Crippen LogP contribution in [0.4, 0.5) is 5.82 Å². The summed E-state index contributed by atoms with van der Waals surface area (Å²) in [6.07, 6.45) is 2.69. The standard InChI is InChI=1S/C9H10N4O/c10-5-6-1-2-11-13-9(6)12-7-3-8(14)4-7/h1-2,7-8,14H,3-4H2,(H,12,13). The number of aliphatic hydroxyl groups excluding tert-OH is 1. The minimum absolute atomic E-state index is 0.213. The maximum absolute atomic E-state index is 9.08. The molecule has 1 fully saturated rings. The first-order valence-corrected chi connectivity index (χ1v) is 4.46. The van der Waals surface area contributed by atoms with Gasteiger partial charge < -0.3 is 10.4 Å². The summed E-state index contributed by atoms with van der Waals surface area (Å²) >= 11 is 0. The lowest BCUT2D eigenvalue weighted by Crippen LogP contribution is -2.39. The van der Waals surface area contributed by atoms with Crippen LogP contribution >= 0.6 is 0 Å². The second kappa shape index (κ2) is 3.60. The molecule has 72 valence electrons. The van der Waals surface area contributed by atoms with Crippen LogP contribution in [0, 0.1) is 11.3 Å². The van der Waals surface area contributed by atoms with E-state index in [4.69, 9.17) is 10.4 Å². The number of hydrogen-bond acceptors (Lipinski definition) is 5. The quantitative estimate of drug-likeness (QED) is 0.700. The van der Waals surface area contributed by atoms with Crippen LogP contribution in [0.25, 0.3) is 0 Å². The smallest absolute Gasteiger partial charge is 0.166 e. The molecule has 5 nitrogen and oxygen atoms in total. The Labute approximate surface area is 81.4 Å². The third-order valence-electron chi connectivity index (χ3n) is 2.30. The molecular formula is C9H10N4O. The average molecular weight is 190 g/mol. The molecule has 5 heteroatoms. The van der Waals surface area contributed by atoms with Gasteiger partial charge in [0.05, 0.1) is 17.9 Å². The van der Waals surface area contributed by atoms with E-state index in [2.05, 4.69) is 15.5 Å². The molecule has 0 saturated heterocycles. The first kappa shape index (κ1) is 8.91. The zero-order chi connectivity index (χ0) is 9.97. The summed E-state index contributed by atoms with van der Waals surface area (Å²) in [7, 11) is 0. The predicted octanol–water partition coefficient (Wildman–Crippen LogP) is 0.283. The lowest BCUT2D eigenvalue weighted by molar-refractivity contribution is 0.0835. The Hall–Kier alpha value is -1.67. The van der Waals surface area contributed by atoms with Gasteiger partial charge in [-0.1, -0.05) is 0 Å². The van der Waals surface area contributed by atoms with Gasteiger partial charge in [-0.25, -0.2) is 0 Å². The second-order valence-electron chi connectivity index (χ2n) is 3.37. The van der Waals surface area contributed by atoms with E-state index in [0.717, 1.165) is 0 Å². The van der Waals surface area contributed by atoms with Crippen LogP contribution < -0.4 is 5.32 Å². The van der Waals surface area contributed by atoms with E-state index in [1.807, 2.05) is 6.07 Å². The van der Waals surface area contributed by atoms with Crippen LogP contribution in [0.1, 0.15) is 18.4 Å². The maximum atomic E-state index is 9.08. The maximum Gasteiger partial charge on any atom is 0.166 e. The molecule has 2 rings (SSSR count). The highest BCUT2D eigenvalue weighted by molar-refractivity contribution is 5.51. The number of rotatable bonds is 2. The van der Waals surface area contributed by atoms with Gasteiger partial charge in [0.15, 0.2) is 5.82 Å². The zero-order valence-electron chi connectivity index (χ0n) is 7.51. The van der Waals surface area contributed by atoms with Crippen molar-refractivity contribution in [1.29, 1.82) is 5.26 Å². The molecule has 0 radical (unpaired) electrons. The van der Waals surface area contributed by atoms with Crippen molar-refractivity contribution in [3.05, 3.63) is 17.8 Å². The van der Waals surface area contributed by atoms with E-state index in [1.54, 1.807) is 6.07 Å². The Balaban J connectivity index is 2.06. The highest BCUT2D eigenvalue weighted by atomic mass is 16.3. The molecule has 14 heavy (non-hydrogen) atoms. The Morgan fingerprint density at radius 1 is 1.57 bits per heavy atom. The fourth-order valence-electron chi connectivity index (χ4n) is 1.43. The largest absolute Gasteiger partial charge is 0.393 e. The molecule has 0 spiro atoms. The average Bonchev–Trinajstić information content (AvgIpc) is 2.16. The molecule has 1 aromatic heterocycles. The second-order valence-corrected chi connectivity index (χ2v) is 3.37. The summed E-state index contributed by atoms with van der Waals surface area (Å²) in [5.74, 6) is 0.506. The van der Waals surface area contributed by atoms with Gasteiger partial charge in [-0.3, -0.25) is 0 Å². The first-order chi connectivity index (χ1) is 6.79. The number of hydrogen-bond donors (Lipinski definition) is 2. The number of aliphatic hydroxyl groups is 1. The molecule has 1 heterocycles. The summed E-state index contributed by atoms with van der Waals surface area (Å²) in [6.45, 7) is 0. The van der Waals surface area contributed by atoms with Crippen molar-refractivity contribution in [3.63, 3.8) is 0 Å². The van der Waals surface area contributed by atoms with Gasteiger partial charge in [-0.15, -0.1) is 5.10 Å². The lowest BCUT2D eigenvalue weighted by Gasteiger charge is -2.32. The molecular weight excluding hydrogens is 180 g/mol. The fraction of sp³-hybridized carbons (Fsp3) is 0.444. The molecule has 0 atom stereocenters. The minimum atomic E-state index is -0.213. The fourth-order valence-corrected chi connectivity index (χ4v) is 1.43. The molecule has 0 unspecified atom stereocenters. The van der Waals surface area contributed by atoms with Crippen molar-refractivity contribution in [2.24, 2.45) is 0 Å².